The molecule has 0 aliphatic carbocycles. The van der Waals surface area contributed by atoms with Crippen LogP contribution >= 0.6 is 0 Å². The van der Waals surface area contributed by atoms with Crippen molar-refractivity contribution in [2.24, 2.45) is 0 Å². The number of fused-ring (bicyclic) bond motifs is 1. The number of nitrogens with zero attached hydrogens (tertiary/aromatic N) is 3. The van der Waals surface area contributed by atoms with Gasteiger partial charge in [0.05, 0.1) is 12.3 Å². The molecule has 2 rings (SSSR count). The first kappa shape index (κ1) is 14.5. The van der Waals surface area contributed by atoms with E-state index in [9.17, 15) is 4.79 Å². The van der Waals surface area contributed by atoms with Crippen LogP contribution in [0.15, 0.2) is 6.07 Å². The quantitative estimate of drug-likeness (QED) is 0.843. The Bertz CT molecular complexity index is 634. The summed E-state index contributed by atoms with van der Waals surface area (Å²) in [4.78, 5) is 21.0. The summed E-state index contributed by atoms with van der Waals surface area (Å²) < 4.78 is 1.83. The van der Waals surface area contributed by atoms with Crippen LogP contribution in [0.4, 0.5) is 0 Å². The molecule has 1 N–H and O–H groups in total. The monoisotopic (exact) mass is 276 g/mol. The first-order chi connectivity index (χ1) is 9.52. The van der Waals surface area contributed by atoms with Gasteiger partial charge in [0.15, 0.2) is 5.65 Å². The molecule has 0 aliphatic rings. The van der Waals surface area contributed by atoms with Gasteiger partial charge in [0.1, 0.15) is 0 Å². The molecule has 0 aliphatic heterocycles. The van der Waals surface area contributed by atoms with E-state index in [0.29, 0.717) is 19.4 Å². The number of hydroxylamine groups is 1. The Kier molecular flexibility index (Phi) is 4.34. The number of amides is 1. The summed E-state index contributed by atoms with van der Waals surface area (Å²) in [6.45, 7) is 8.20. The molecule has 0 spiro atoms. The maximum absolute atomic E-state index is 11.6. The summed E-state index contributed by atoms with van der Waals surface area (Å²) >= 11 is 0. The lowest BCUT2D eigenvalue weighted by atomic mass is 10.1. The van der Waals surface area contributed by atoms with E-state index >= 15 is 0 Å². The van der Waals surface area contributed by atoms with Gasteiger partial charge in [-0.2, -0.15) is 5.10 Å². The third kappa shape index (κ3) is 2.96. The van der Waals surface area contributed by atoms with Gasteiger partial charge in [-0.3, -0.25) is 9.63 Å². The Balaban J connectivity index is 2.19. The molecule has 0 aromatic carbocycles. The van der Waals surface area contributed by atoms with E-state index in [4.69, 9.17) is 4.84 Å². The molecule has 0 bridgehead atoms. The Hall–Kier alpha value is -1.95. The summed E-state index contributed by atoms with van der Waals surface area (Å²) in [6.07, 6.45) is 0.994. The normalized spacial score (nSPS) is 11.0. The topological polar surface area (TPSA) is 68.5 Å². The molecule has 2 aromatic heterocycles. The zero-order valence-corrected chi connectivity index (χ0v) is 12.4. The Morgan fingerprint density at radius 3 is 2.85 bits per heavy atom. The number of hydrogen-bond acceptors (Lipinski definition) is 4. The van der Waals surface area contributed by atoms with Crippen molar-refractivity contribution in [1.82, 2.24) is 20.1 Å². The highest BCUT2D eigenvalue weighted by molar-refractivity contribution is 5.75. The summed E-state index contributed by atoms with van der Waals surface area (Å²) in [6, 6.07) is 1.95. The molecule has 0 saturated carbocycles. The largest absolute Gasteiger partial charge is 0.274 e. The van der Waals surface area contributed by atoms with Crippen LogP contribution in [0.2, 0.25) is 0 Å². The standard InChI is InChI=1S/C14H20N4O2/c1-5-20-17-14(19)7-6-12-10(3)15-13-8-9(2)16-18(13)11(12)4/h8H,5-7H2,1-4H3,(H,17,19). The van der Waals surface area contributed by atoms with E-state index < -0.39 is 0 Å². The highest BCUT2D eigenvalue weighted by Crippen LogP contribution is 2.16. The molecule has 6 nitrogen and oxygen atoms in total. The third-order valence-corrected chi connectivity index (χ3v) is 3.22. The first-order valence-corrected chi connectivity index (χ1v) is 6.76. The zero-order valence-electron chi connectivity index (χ0n) is 12.4. The molecule has 0 fully saturated rings. The lowest BCUT2D eigenvalue weighted by molar-refractivity contribution is -0.133. The zero-order chi connectivity index (χ0) is 14.7. The fourth-order valence-corrected chi connectivity index (χ4v) is 2.25. The fourth-order valence-electron chi connectivity index (χ4n) is 2.25. The van der Waals surface area contributed by atoms with Crippen molar-refractivity contribution >= 4 is 11.6 Å². The van der Waals surface area contributed by atoms with Gasteiger partial charge in [0, 0.05) is 23.9 Å². The molecular weight excluding hydrogens is 256 g/mol. The number of aromatic nitrogens is 3. The smallest absolute Gasteiger partial charge is 0.243 e. The van der Waals surface area contributed by atoms with Gasteiger partial charge < -0.3 is 0 Å². The van der Waals surface area contributed by atoms with E-state index in [1.165, 1.54) is 0 Å². The molecule has 0 unspecified atom stereocenters. The van der Waals surface area contributed by atoms with Gasteiger partial charge in [-0.15, -0.1) is 0 Å². The maximum atomic E-state index is 11.6. The van der Waals surface area contributed by atoms with Crippen LogP contribution in [-0.2, 0) is 16.1 Å². The van der Waals surface area contributed by atoms with Crippen molar-refractivity contribution in [3.63, 3.8) is 0 Å². The van der Waals surface area contributed by atoms with Crippen LogP contribution in [-0.4, -0.2) is 27.1 Å². The average Bonchev–Trinajstić information content (AvgIpc) is 2.76. The summed E-state index contributed by atoms with van der Waals surface area (Å²) in [5.74, 6) is -0.123. The van der Waals surface area contributed by atoms with Gasteiger partial charge in [0.25, 0.3) is 0 Å². The minimum atomic E-state index is -0.123. The molecular formula is C14H20N4O2. The van der Waals surface area contributed by atoms with E-state index in [-0.39, 0.29) is 5.91 Å². The summed E-state index contributed by atoms with van der Waals surface area (Å²) in [7, 11) is 0. The Labute approximate surface area is 118 Å². The lowest BCUT2D eigenvalue weighted by Crippen LogP contribution is -2.24. The van der Waals surface area contributed by atoms with Gasteiger partial charge in [-0.25, -0.2) is 15.0 Å². The third-order valence-electron chi connectivity index (χ3n) is 3.22. The van der Waals surface area contributed by atoms with Crippen molar-refractivity contribution in [1.29, 1.82) is 0 Å². The molecule has 6 heteroatoms. The number of hydrogen-bond donors (Lipinski definition) is 1. The molecule has 0 radical (unpaired) electrons. The van der Waals surface area contributed by atoms with Crippen molar-refractivity contribution < 1.29 is 9.63 Å². The minimum absolute atomic E-state index is 0.123. The van der Waals surface area contributed by atoms with Gasteiger partial charge >= 0.3 is 0 Å². The highest BCUT2D eigenvalue weighted by atomic mass is 16.6. The molecule has 2 heterocycles. The van der Waals surface area contributed by atoms with Crippen molar-refractivity contribution in [2.45, 2.75) is 40.5 Å². The molecule has 0 atom stereocenters. The minimum Gasteiger partial charge on any atom is -0.274 e. The molecule has 108 valence electrons. The fraction of sp³-hybridized carbons (Fsp3) is 0.500. The van der Waals surface area contributed by atoms with Crippen LogP contribution in [0.5, 0.6) is 0 Å². The molecule has 0 saturated heterocycles. The Morgan fingerprint density at radius 2 is 2.15 bits per heavy atom. The van der Waals surface area contributed by atoms with E-state index in [1.807, 2.05) is 38.3 Å². The van der Waals surface area contributed by atoms with Gasteiger partial charge in [-0.05, 0) is 39.7 Å². The van der Waals surface area contributed by atoms with Crippen LogP contribution in [0.3, 0.4) is 0 Å². The second-order valence-corrected chi connectivity index (χ2v) is 4.78. The van der Waals surface area contributed by atoms with Crippen molar-refractivity contribution in [3.05, 3.63) is 28.7 Å². The SMILES string of the molecule is CCONC(=O)CCc1c(C)nc2cc(C)nn2c1C. The predicted molar refractivity (Wildman–Crippen MR) is 75.3 cm³/mol. The molecule has 1 amide bonds. The van der Waals surface area contributed by atoms with Gasteiger partial charge in [-0.1, -0.05) is 0 Å². The molecule has 2 aromatic rings. The number of aryl methyl sites for hydroxylation is 3. The molecule has 20 heavy (non-hydrogen) atoms. The number of nitrogens with one attached hydrogen (secondary N) is 1. The summed E-state index contributed by atoms with van der Waals surface area (Å²) in [5.41, 5.74) is 7.22. The lowest BCUT2D eigenvalue weighted by Gasteiger charge is -2.11. The summed E-state index contributed by atoms with van der Waals surface area (Å²) in [5, 5.41) is 4.42. The van der Waals surface area contributed by atoms with Crippen LogP contribution in [0, 0.1) is 20.8 Å². The maximum Gasteiger partial charge on any atom is 0.243 e. The average molecular weight is 276 g/mol. The predicted octanol–water partition coefficient (Wildman–Crippen LogP) is 1.65. The first-order valence-electron chi connectivity index (χ1n) is 6.76. The number of carbonyl (C=O) groups is 1. The van der Waals surface area contributed by atoms with Crippen molar-refractivity contribution in [3.8, 4) is 0 Å². The second kappa shape index (κ2) is 6.00. The van der Waals surface area contributed by atoms with E-state index in [2.05, 4.69) is 15.6 Å². The highest BCUT2D eigenvalue weighted by Gasteiger charge is 2.12. The van der Waals surface area contributed by atoms with Gasteiger partial charge in [0.2, 0.25) is 5.91 Å². The number of rotatable bonds is 5. The van der Waals surface area contributed by atoms with E-state index in [0.717, 1.165) is 28.3 Å². The number of carbonyl (C=O) groups excluding carboxylic acids is 1. The van der Waals surface area contributed by atoms with Crippen LogP contribution < -0.4 is 5.48 Å². The Morgan fingerprint density at radius 1 is 1.40 bits per heavy atom. The van der Waals surface area contributed by atoms with Crippen LogP contribution in [0.1, 0.15) is 36.0 Å². The van der Waals surface area contributed by atoms with E-state index in [1.54, 1.807) is 0 Å². The van der Waals surface area contributed by atoms with Crippen molar-refractivity contribution in [2.75, 3.05) is 6.61 Å². The second-order valence-electron chi connectivity index (χ2n) is 4.78. The van der Waals surface area contributed by atoms with Crippen LogP contribution in [0.25, 0.3) is 5.65 Å².